The fourth-order valence-corrected chi connectivity index (χ4v) is 2.13. The van der Waals surface area contributed by atoms with Gasteiger partial charge < -0.3 is 15.8 Å². The highest BCUT2D eigenvalue weighted by Gasteiger charge is 2.08. The summed E-state index contributed by atoms with van der Waals surface area (Å²) in [6.07, 6.45) is 1.72. The topological polar surface area (TPSA) is 99.7 Å². The number of hydrogen-bond donors (Lipinski definition) is 3. The SMILES string of the molecule is COc1cc(C#N)ccc1Nc1cc2[nH]ncc2cc1N. The lowest BCUT2D eigenvalue weighted by Crippen LogP contribution is -1.99. The van der Waals surface area contributed by atoms with E-state index in [9.17, 15) is 0 Å². The largest absolute Gasteiger partial charge is 0.495 e. The quantitative estimate of drug-likeness (QED) is 0.640. The molecule has 0 aliphatic carbocycles. The number of aromatic nitrogens is 2. The summed E-state index contributed by atoms with van der Waals surface area (Å²) in [5.41, 5.74) is 9.56. The standard InChI is InChI=1S/C15H13N5O/c1-21-15-4-9(7-16)2-3-12(15)19-14-6-13-10(5-11(14)17)8-18-20-13/h2-6,8,19H,17H2,1H3,(H,18,20). The van der Waals surface area contributed by atoms with Crippen molar-refractivity contribution >= 4 is 28.0 Å². The second-order valence-electron chi connectivity index (χ2n) is 4.55. The molecule has 0 unspecified atom stereocenters. The fourth-order valence-electron chi connectivity index (χ4n) is 2.13. The lowest BCUT2D eigenvalue weighted by Gasteiger charge is -2.13. The lowest BCUT2D eigenvalue weighted by molar-refractivity contribution is 0.416. The number of H-pyrrole nitrogens is 1. The molecule has 0 saturated carbocycles. The van der Waals surface area contributed by atoms with Crippen LogP contribution in [0.2, 0.25) is 0 Å². The molecule has 0 saturated heterocycles. The number of nitrogen functional groups attached to an aromatic ring is 1. The number of benzene rings is 2. The third kappa shape index (κ3) is 2.32. The van der Waals surface area contributed by atoms with Gasteiger partial charge in [0.05, 0.1) is 47.5 Å². The summed E-state index contributed by atoms with van der Waals surface area (Å²) >= 11 is 0. The average Bonchev–Trinajstić information content (AvgIpc) is 2.95. The molecular formula is C15H13N5O. The maximum atomic E-state index is 8.92. The predicted molar refractivity (Wildman–Crippen MR) is 81.5 cm³/mol. The van der Waals surface area contributed by atoms with E-state index in [0.717, 1.165) is 22.3 Å². The minimum Gasteiger partial charge on any atom is -0.495 e. The van der Waals surface area contributed by atoms with Crippen LogP contribution in [0.25, 0.3) is 10.9 Å². The van der Waals surface area contributed by atoms with Gasteiger partial charge in [0.25, 0.3) is 0 Å². The minimum atomic E-state index is 0.536. The molecule has 21 heavy (non-hydrogen) atoms. The molecule has 3 rings (SSSR count). The van der Waals surface area contributed by atoms with Gasteiger partial charge in [0.15, 0.2) is 0 Å². The van der Waals surface area contributed by atoms with Crippen molar-refractivity contribution in [2.24, 2.45) is 0 Å². The van der Waals surface area contributed by atoms with E-state index in [1.807, 2.05) is 12.1 Å². The van der Waals surface area contributed by atoms with Gasteiger partial charge in [0.1, 0.15) is 5.75 Å². The zero-order valence-corrected chi connectivity index (χ0v) is 11.3. The number of nitriles is 1. The third-order valence-corrected chi connectivity index (χ3v) is 3.21. The number of anilines is 3. The predicted octanol–water partition coefficient (Wildman–Crippen LogP) is 2.77. The number of nitrogens with one attached hydrogen (secondary N) is 2. The first kappa shape index (κ1) is 12.8. The molecule has 3 aromatic rings. The van der Waals surface area contributed by atoms with Gasteiger partial charge >= 0.3 is 0 Å². The highest BCUT2D eigenvalue weighted by atomic mass is 16.5. The molecule has 0 spiro atoms. The number of nitrogens with zero attached hydrogens (tertiary/aromatic N) is 2. The molecular weight excluding hydrogens is 266 g/mol. The summed E-state index contributed by atoms with van der Waals surface area (Å²) in [5.74, 6) is 0.582. The molecule has 4 N–H and O–H groups in total. The van der Waals surface area contributed by atoms with Crippen molar-refractivity contribution in [1.29, 1.82) is 5.26 Å². The Bertz CT molecular complexity index is 847. The lowest BCUT2D eigenvalue weighted by atomic mass is 10.1. The molecule has 6 heteroatoms. The van der Waals surface area contributed by atoms with E-state index in [0.29, 0.717) is 17.0 Å². The Morgan fingerprint density at radius 2 is 2.14 bits per heavy atom. The summed E-state index contributed by atoms with van der Waals surface area (Å²) in [4.78, 5) is 0. The first-order valence-corrected chi connectivity index (χ1v) is 6.29. The molecule has 0 amide bonds. The van der Waals surface area contributed by atoms with Crippen LogP contribution in [0.3, 0.4) is 0 Å². The molecule has 1 heterocycles. The Balaban J connectivity index is 2.01. The second kappa shape index (κ2) is 5.06. The molecule has 0 bridgehead atoms. The first-order valence-electron chi connectivity index (χ1n) is 6.29. The number of fused-ring (bicyclic) bond motifs is 1. The van der Waals surface area contributed by atoms with Crippen molar-refractivity contribution in [2.75, 3.05) is 18.2 Å². The van der Waals surface area contributed by atoms with Crippen molar-refractivity contribution in [3.8, 4) is 11.8 Å². The van der Waals surface area contributed by atoms with E-state index >= 15 is 0 Å². The maximum Gasteiger partial charge on any atom is 0.143 e. The number of ether oxygens (including phenoxy) is 1. The Morgan fingerprint density at radius 3 is 2.90 bits per heavy atom. The molecule has 0 fully saturated rings. The molecule has 1 aromatic heterocycles. The van der Waals surface area contributed by atoms with Crippen LogP contribution in [0.4, 0.5) is 17.1 Å². The highest BCUT2D eigenvalue weighted by Crippen LogP contribution is 2.32. The Hall–Kier alpha value is -3.20. The zero-order valence-electron chi connectivity index (χ0n) is 11.3. The molecule has 0 aliphatic heterocycles. The average molecular weight is 279 g/mol. The molecule has 0 atom stereocenters. The van der Waals surface area contributed by atoms with Crippen LogP contribution in [0.1, 0.15) is 5.56 Å². The van der Waals surface area contributed by atoms with E-state index in [2.05, 4.69) is 21.6 Å². The number of aromatic amines is 1. The van der Waals surface area contributed by atoms with Gasteiger partial charge in [-0.1, -0.05) is 0 Å². The number of rotatable bonds is 3. The smallest absolute Gasteiger partial charge is 0.143 e. The van der Waals surface area contributed by atoms with Crippen LogP contribution < -0.4 is 15.8 Å². The monoisotopic (exact) mass is 279 g/mol. The second-order valence-corrected chi connectivity index (χ2v) is 4.55. The van der Waals surface area contributed by atoms with E-state index in [4.69, 9.17) is 15.7 Å². The van der Waals surface area contributed by atoms with Gasteiger partial charge in [-0.3, -0.25) is 5.10 Å². The van der Waals surface area contributed by atoms with Crippen LogP contribution in [-0.2, 0) is 0 Å². The van der Waals surface area contributed by atoms with Gasteiger partial charge in [0, 0.05) is 11.5 Å². The Morgan fingerprint density at radius 1 is 1.29 bits per heavy atom. The summed E-state index contributed by atoms with van der Waals surface area (Å²) < 4.78 is 5.30. The van der Waals surface area contributed by atoms with Gasteiger partial charge in [-0.2, -0.15) is 10.4 Å². The van der Waals surface area contributed by atoms with E-state index < -0.39 is 0 Å². The molecule has 6 nitrogen and oxygen atoms in total. The maximum absolute atomic E-state index is 8.92. The van der Waals surface area contributed by atoms with Crippen LogP contribution >= 0.6 is 0 Å². The summed E-state index contributed by atoms with van der Waals surface area (Å²) in [6, 6.07) is 11.0. The van der Waals surface area contributed by atoms with Crippen molar-refractivity contribution in [1.82, 2.24) is 10.2 Å². The van der Waals surface area contributed by atoms with Crippen molar-refractivity contribution in [3.05, 3.63) is 42.1 Å². The van der Waals surface area contributed by atoms with Crippen molar-refractivity contribution < 1.29 is 4.74 Å². The molecule has 0 radical (unpaired) electrons. The van der Waals surface area contributed by atoms with Crippen LogP contribution in [0.15, 0.2) is 36.5 Å². The third-order valence-electron chi connectivity index (χ3n) is 3.21. The Kier molecular flexibility index (Phi) is 3.09. The minimum absolute atomic E-state index is 0.536. The van der Waals surface area contributed by atoms with Gasteiger partial charge in [-0.05, 0) is 24.3 Å². The molecule has 2 aromatic carbocycles. The number of nitrogens with two attached hydrogens (primary N) is 1. The van der Waals surface area contributed by atoms with Gasteiger partial charge in [0.2, 0.25) is 0 Å². The summed E-state index contributed by atoms with van der Waals surface area (Å²) in [6.45, 7) is 0. The number of methoxy groups -OCH3 is 1. The summed E-state index contributed by atoms with van der Waals surface area (Å²) in [7, 11) is 1.56. The molecule has 0 aliphatic rings. The van der Waals surface area contributed by atoms with Crippen LogP contribution in [0, 0.1) is 11.3 Å². The fraction of sp³-hybridized carbons (Fsp3) is 0.0667. The van der Waals surface area contributed by atoms with E-state index in [-0.39, 0.29) is 0 Å². The molecule has 104 valence electrons. The normalized spacial score (nSPS) is 10.3. The number of hydrogen-bond acceptors (Lipinski definition) is 5. The van der Waals surface area contributed by atoms with Crippen LogP contribution in [-0.4, -0.2) is 17.3 Å². The van der Waals surface area contributed by atoms with Crippen molar-refractivity contribution in [2.45, 2.75) is 0 Å². The van der Waals surface area contributed by atoms with E-state index in [1.165, 1.54) is 0 Å². The van der Waals surface area contributed by atoms with Gasteiger partial charge in [-0.15, -0.1) is 0 Å². The zero-order chi connectivity index (χ0) is 14.8. The summed E-state index contributed by atoms with van der Waals surface area (Å²) in [5, 5.41) is 20.0. The van der Waals surface area contributed by atoms with E-state index in [1.54, 1.807) is 31.5 Å². The van der Waals surface area contributed by atoms with Gasteiger partial charge in [-0.25, -0.2) is 0 Å². The highest BCUT2D eigenvalue weighted by molar-refractivity contribution is 5.90. The van der Waals surface area contributed by atoms with Crippen molar-refractivity contribution in [3.63, 3.8) is 0 Å². The Labute approximate surface area is 121 Å². The van der Waals surface area contributed by atoms with Crippen LogP contribution in [0.5, 0.6) is 5.75 Å². The first-order chi connectivity index (χ1) is 10.2.